The van der Waals surface area contributed by atoms with Crippen LogP contribution in [0.15, 0.2) is 35.7 Å². The first-order valence-corrected chi connectivity index (χ1v) is 12.4. The Morgan fingerprint density at radius 1 is 1.43 bits per heavy atom. The van der Waals surface area contributed by atoms with E-state index in [1.165, 1.54) is 11.8 Å². The van der Waals surface area contributed by atoms with Gasteiger partial charge >= 0.3 is 0 Å². The summed E-state index contributed by atoms with van der Waals surface area (Å²) in [5.41, 5.74) is 1.87. The second-order valence-corrected chi connectivity index (χ2v) is 10.5. The summed E-state index contributed by atoms with van der Waals surface area (Å²) in [6.07, 6.45) is 4.86. The molecule has 1 aliphatic heterocycles. The standard InChI is InChI=1S/C19H24ClN3O3S2/c1-3-9-22(15-7-11-28(25,26)13-15)18(24)12-27-19-21-8-10-23(19)17-6-4-5-16(20)14(17)2/h4-6,8,10,15H,3,7,9,11-13H2,1-2H3. The second-order valence-electron chi connectivity index (χ2n) is 6.90. The van der Waals surface area contributed by atoms with Gasteiger partial charge in [0.15, 0.2) is 15.0 Å². The van der Waals surface area contributed by atoms with Crippen LogP contribution in [0.2, 0.25) is 5.02 Å². The summed E-state index contributed by atoms with van der Waals surface area (Å²) in [6, 6.07) is 5.47. The topological polar surface area (TPSA) is 72.3 Å². The fourth-order valence-electron chi connectivity index (χ4n) is 3.42. The van der Waals surface area contributed by atoms with E-state index in [0.29, 0.717) is 23.1 Å². The molecule has 2 aromatic rings. The van der Waals surface area contributed by atoms with Gasteiger partial charge in [-0.2, -0.15) is 0 Å². The van der Waals surface area contributed by atoms with E-state index in [1.54, 1.807) is 11.1 Å². The minimum Gasteiger partial charge on any atom is -0.338 e. The first-order chi connectivity index (χ1) is 13.3. The SMILES string of the molecule is CCCN(C(=O)CSc1nccn1-c1cccc(Cl)c1C)C1CCS(=O)(=O)C1. The largest absolute Gasteiger partial charge is 0.338 e. The van der Waals surface area contributed by atoms with Crippen LogP contribution in [0.1, 0.15) is 25.3 Å². The molecule has 1 aliphatic rings. The maximum absolute atomic E-state index is 12.8. The van der Waals surface area contributed by atoms with Gasteiger partial charge in [0, 0.05) is 30.0 Å². The monoisotopic (exact) mass is 441 g/mol. The van der Waals surface area contributed by atoms with Gasteiger partial charge in [-0.3, -0.25) is 9.36 Å². The third kappa shape index (κ3) is 4.72. The molecule has 28 heavy (non-hydrogen) atoms. The summed E-state index contributed by atoms with van der Waals surface area (Å²) < 4.78 is 25.5. The number of rotatable bonds is 7. The molecule has 1 atom stereocenters. The van der Waals surface area contributed by atoms with Crippen molar-refractivity contribution in [3.63, 3.8) is 0 Å². The Labute approximate surface area is 175 Å². The van der Waals surface area contributed by atoms with Crippen LogP contribution in [0, 0.1) is 6.92 Å². The van der Waals surface area contributed by atoms with Crippen molar-refractivity contribution >= 4 is 39.1 Å². The van der Waals surface area contributed by atoms with Gasteiger partial charge in [0.25, 0.3) is 0 Å². The average Bonchev–Trinajstić information content (AvgIpc) is 3.26. The van der Waals surface area contributed by atoms with Crippen molar-refractivity contribution in [3.05, 3.63) is 41.2 Å². The fourth-order valence-corrected chi connectivity index (χ4v) is 6.17. The first kappa shape index (κ1) is 21.2. The number of nitrogens with zero attached hydrogens (tertiary/aromatic N) is 3. The Morgan fingerprint density at radius 2 is 2.21 bits per heavy atom. The molecule has 0 aliphatic carbocycles. The summed E-state index contributed by atoms with van der Waals surface area (Å²) >= 11 is 7.58. The molecule has 0 N–H and O–H groups in total. The van der Waals surface area contributed by atoms with Gasteiger partial charge in [0.1, 0.15) is 0 Å². The molecule has 0 spiro atoms. The number of carbonyl (C=O) groups is 1. The number of sulfone groups is 1. The lowest BCUT2D eigenvalue weighted by Crippen LogP contribution is -2.42. The summed E-state index contributed by atoms with van der Waals surface area (Å²) in [4.78, 5) is 19.0. The van der Waals surface area contributed by atoms with Crippen molar-refractivity contribution in [2.24, 2.45) is 0 Å². The lowest BCUT2D eigenvalue weighted by Gasteiger charge is -2.27. The number of thioether (sulfide) groups is 1. The van der Waals surface area contributed by atoms with Gasteiger partial charge in [-0.1, -0.05) is 36.4 Å². The first-order valence-electron chi connectivity index (χ1n) is 9.24. The number of halogens is 1. The van der Waals surface area contributed by atoms with Crippen LogP contribution in [-0.4, -0.2) is 58.6 Å². The van der Waals surface area contributed by atoms with Crippen molar-refractivity contribution in [1.82, 2.24) is 14.5 Å². The number of imidazole rings is 1. The molecule has 0 saturated carbocycles. The Bertz CT molecular complexity index is 959. The normalized spacial score (nSPS) is 18.3. The smallest absolute Gasteiger partial charge is 0.233 e. The van der Waals surface area contributed by atoms with Crippen LogP contribution in [0.5, 0.6) is 0 Å². The molecule has 152 valence electrons. The molecular weight excluding hydrogens is 418 g/mol. The van der Waals surface area contributed by atoms with Gasteiger partial charge in [0.05, 0.1) is 22.9 Å². The Balaban J connectivity index is 1.72. The molecule has 1 amide bonds. The van der Waals surface area contributed by atoms with Crippen molar-refractivity contribution in [3.8, 4) is 5.69 Å². The number of aromatic nitrogens is 2. The molecule has 9 heteroatoms. The number of benzene rings is 1. The molecule has 1 aromatic carbocycles. The quantitative estimate of drug-likeness (QED) is 0.616. The summed E-state index contributed by atoms with van der Waals surface area (Å²) in [7, 11) is -3.03. The highest BCUT2D eigenvalue weighted by Crippen LogP contribution is 2.27. The Hall–Kier alpha value is -1.51. The van der Waals surface area contributed by atoms with Gasteiger partial charge in [0.2, 0.25) is 5.91 Å². The van der Waals surface area contributed by atoms with Crippen molar-refractivity contribution in [2.45, 2.75) is 37.9 Å². The molecule has 6 nitrogen and oxygen atoms in total. The van der Waals surface area contributed by atoms with Crippen LogP contribution in [0.3, 0.4) is 0 Å². The molecule has 0 radical (unpaired) electrons. The van der Waals surface area contributed by atoms with Gasteiger partial charge in [-0.15, -0.1) is 0 Å². The Morgan fingerprint density at radius 3 is 2.89 bits per heavy atom. The summed E-state index contributed by atoms with van der Waals surface area (Å²) in [5, 5.41) is 1.38. The third-order valence-electron chi connectivity index (χ3n) is 4.86. The minimum absolute atomic E-state index is 0.0497. The highest BCUT2D eigenvalue weighted by Gasteiger charge is 2.34. The van der Waals surface area contributed by atoms with Crippen molar-refractivity contribution < 1.29 is 13.2 Å². The van der Waals surface area contributed by atoms with Crippen LogP contribution in [0.4, 0.5) is 0 Å². The van der Waals surface area contributed by atoms with E-state index in [4.69, 9.17) is 11.6 Å². The molecule has 2 heterocycles. The van der Waals surface area contributed by atoms with Crippen LogP contribution >= 0.6 is 23.4 Å². The highest BCUT2D eigenvalue weighted by molar-refractivity contribution is 7.99. The lowest BCUT2D eigenvalue weighted by molar-refractivity contribution is -0.130. The average molecular weight is 442 g/mol. The van der Waals surface area contributed by atoms with Crippen LogP contribution in [-0.2, 0) is 14.6 Å². The van der Waals surface area contributed by atoms with Gasteiger partial charge < -0.3 is 4.90 Å². The molecule has 1 unspecified atom stereocenters. The van der Waals surface area contributed by atoms with E-state index in [-0.39, 0.29) is 29.2 Å². The van der Waals surface area contributed by atoms with E-state index < -0.39 is 9.84 Å². The minimum atomic E-state index is -3.03. The zero-order valence-corrected chi connectivity index (χ0v) is 18.4. The van der Waals surface area contributed by atoms with Crippen LogP contribution in [0.25, 0.3) is 5.69 Å². The molecule has 0 bridgehead atoms. The molecule has 1 aromatic heterocycles. The summed E-state index contributed by atoms with van der Waals surface area (Å²) in [5.74, 6) is 0.398. The predicted octanol–water partition coefficient (Wildman–Crippen LogP) is 3.35. The fraction of sp³-hybridized carbons (Fsp3) is 0.474. The van der Waals surface area contributed by atoms with E-state index in [9.17, 15) is 13.2 Å². The molecule has 1 saturated heterocycles. The molecule has 3 rings (SSSR count). The number of hydrogen-bond acceptors (Lipinski definition) is 5. The summed E-state index contributed by atoms with van der Waals surface area (Å²) in [6.45, 7) is 4.51. The van der Waals surface area contributed by atoms with Crippen LogP contribution < -0.4 is 0 Å². The lowest BCUT2D eigenvalue weighted by atomic mass is 10.2. The molecular formula is C19H24ClN3O3S2. The van der Waals surface area contributed by atoms with E-state index in [2.05, 4.69) is 4.98 Å². The van der Waals surface area contributed by atoms with E-state index in [1.807, 2.05) is 42.8 Å². The highest BCUT2D eigenvalue weighted by atomic mass is 35.5. The van der Waals surface area contributed by atoms with Crippen molar-refractivity contribution in [1.29, 1.82) is 0 Å². The van der Waals surface area contributed by atoms with Gasteiger partial charge in [-0.25, -0.2) is 13.4 Å². The number of carbonyl (C=O) groups excluding carboxylic acids is 1. The predicted molar refractivity (Wildman–Crippen MR) is 113 cm³/mol. The Kier molecular flexibility index (Phi) is 6.73. The third-order valence-corrected chi connectivity index (χ3v) is 7.98. The van der Waals surface area contributed by atoms with Gasteiger partial charge in [-0.05, 0) is 37.5 Å². The van der Waals surface area contributed by atoms with E-state index in [0.717, 1.165) is 17.7 Å². The maximum Gasteiger partial charge on any atom is 0.233 e. The zero-order valence-electron chi connectivity index (χ0n) is 16.0. The maximum atomic E-state index is 12.8. The van der Waals surface area contributed by atoms with E-state index >= 15 is 0 Å². The molecule has 1 fully saturated rings. The number of hydrogen-bond donors (Lipinski definition) is 0. The second kappa shape index (κ2) is 8.88. The zero-order chi connectivity index (χ0) is 20.3. The number of amides is 1. The van der Waals surface area contributed by atoms with Crippen molar-refractivity contribution in [2.75, 3.05) is 23.8 Å².